The van der Waals surface area contributed by atoms with Gasteiger partial charge in [-0.15, -0.1) is 0 Å². The molecule has 1 unspecified atom stereocenters. The first-order chi connectivity index (χ1) is 7.67. The van der Waals surface area contributed by atoms with Crippen LogP contribution < -0.4 is 5.32 Å². The van der Waals surface area contributed by atoms with E-state index in [1.165, 1.54) is 0 Å². The fourth-order valence-corrected chi connectivity index (χ4v) is 1.77. The van der Waals surface area contributed by atoms with Crippen LogP contribution in [0.5, 0.6) is 0 Å². The number of hydrogen-bond donors (Lipinski definition) is 2. The number of H-pyrrole nitrogens is 1. The van der Waals surface area contributed by atoms with Gasteiger partial charge in [0.05, 0.1) is 12.0 Å². The summed E-state index contributed by atoms with van der Waals surface area (Å²) in [4.78, 5) is 9.80. The second kappa shape index (κ2) is 6.66. The van der Waals surface area contributed by atoms with E-state index in [2.05, 4.69) is 47.9 Å². The molecule has 1 rings (SSSR count). The van der Waals surface area contributed by atoms with E-state index in [9.17, 15) is 0 Å². The van der Waals surface area contributed by atoms with Gasteiger partial charge in [-0.05, 0) is 26.9 Å². The Labute approximate surface area is 98.5 Å². The maximum atomic E-state index is 4.28. The van der Waals surface area contributed by atoms with Gasteiger partial charge in [-0.1, -0.05) is 13.8 Å². The molecule has 92 valence electrons. The van der Waals surface area contributed by atoms with E-state index < -0.39 is 0 Å². The number of aromatic amines is 1. The first-order valence-electron chi connectivity index (χ1n) is 6.11. The molecule has 1 aromatic heterocycles. The van der Waals surface area contributed by atoms with Crippen LogP contribution in [-0.2, 0) is 6.54 Å². The van der Waals surface area contributed by atoms with E-state index in [1.807, 2.05) is 0 Å². The van der Waals surface area contributed by atoms with Crippen LogP contribution in [-0.4, -0.2) is 40.5 Å². The molecule has 0 fully saturated rings. The maximum Gasteiger partial charge on any atom is 0.0925 e. The van der Waals surface area contributed by atoms with Crippen LogP contribution in [0.15, 0.2) is 6.33 Å². The zero-order valence-corrected chi connectivity index (χ0v) is 10.9. The molecule has 0 saturated heterocycles. The molecule has 2 N–H and O–H groups in total. The normalized spacial score (nSPS) is 13.3. The topological polar surface area (TPSA) is 44.0 Å². The molecule has 1 aromatic rings. The molecule has 0 aliphatic carbocycles. The Bertz CT molecular complexity index is 291. The number of nitrogens with one attached hydrogen (secondary N) is 2. The average Bonchev–Trinajstić information content (AvgIpc) is 2.69. The fraction of sp³-hybridized carbons (Fsp3) is 0.750. The molecule has 1 heterocycles. The predicted octanol–water partition coefficient (Wildman–Crippen LogP) is 1.54. The van der Waals surface area contributed by atoms with Crippen LogP contribution >= 0.6 is 0 Å². The summed E-state index contributed by atoms with van der Waals surface area (Å²) in [5, 5.41) is 3.50. The molecule has 0 aliphatic rings. The third kappa shape index (κ3) is 3.94. The molecule has 0 radical (unpaired) electrons. The van der Waals surface area contributed by atoms with Gasteiger partial charge in [-0.2, -0.15) is 0 Å². The van der Waals surface area contributed by atoms with Crippen molar-refractivity contribution in [2.75, 3.05) is 19.6 Å². The van der Waals surface area contributed by atoms with Gasteiger partial charge in [-0.25, -0.2) is 4.98 Å². The molecule has 16 heavy (non-hydrogen) atoms. The Morgan fingerprint density at radius 3 is 2.62 bits per heavy atom. The van der Waals surface area contributed by atoms with Crippen molar-refractivity contribution in [1.82, 2.24) is 20.2 Å². The van der Waals surface area contributed by atoms with Crippen LogP contribution in [0.3, 0.4) is 0 Å². The average molecular weight is 224 g/mol. The molecule has 4 nitrogen and oxygen atoms in total. The van der Waals surface area contributed by atoms with E-state index in [-0.39, 0.29) is 0 Å². The Morgan fingerprint density at radius 1 is 1.44 bits per heavy atom. The predicted molar refractivity (Wildman–Crippen MR) is 67.4 cm³/mol. The minimum absolute atomic E-state index is 0.496. The molecule has 0 aliphatic heterocycles. The van der Waals surface area contributed by atoms with Crippen LogP contribution in [0.25, 0.3) is 0 Å². The molecular weight excluding hydrogens is 200 g/mol. The second-order valence-corrected chi connectivity index (χ2v) is 4.24. The Balaban J connectivity index is 2.30. The van der Waals surface area contributed by atoms with Gasteiger partial charge in [0.25, 0.3) is 0 Å². The summed E-state index contributed by atoms with van der Waals surface area (Å²) in [6, 6.07) is 0.496. The smallest absolute Gasteiger partial charge is 0.0925 e. The first kappa shape index (κ1) is 13.2. The van der Waals surface area contributed by atoms with Gasteiger partial charge in [0.15, 0.2) is 0 Å². The highest BCUT2D eigenvalue weighted by atomic mass is 15.1. The van der Waals surface area contributed by atoms with Crippen molar-refractivity contribution >= 4 is 0 Å². The zero-order valence-electron chi connectivity index (χ0n) is 10.9. The third-order valence-electron chi connectivity index (χ3n) is 2.98. The Hall–Kier alpha value is -0.870. The molecule has 1 atom stereocenters. The van der Waals surface area contributed by atoms with Crippen molar-refractivity contribution in [2.24, 2.45) is 0 Å². The minimum Gasteiger partial charge on any atom is -0.348 e. The lowest BCUT2D eigenvalue weighted by Crippen LogP contribution is -2.38. The molecule has 0 spiro atoms. The van der Waals surface area contributed by atoms with Crippen LogP contribution in [0, 0.1) is 6.92 Å². The van der Waals surface area contributed by atoms with Gasteiger partial charge >= 0.3 is 0 Å². The van der Waals surface area contributed by atoms with Gasteiger partial charge in [0.2, 0.25) is 0 Å². The standard InChI is InChI=1S/C12H24N4/c1-5-16(6-2)8-10(3)13-7-12-11(4)14-9-15-12/h9-10,13H,5-8H2,1-4H3,(H,14,15). The van der Waals surface area contributed by atoms with E-state index in [1.54, 1.807) is 6.33 Å². The highest BCUT2D eigenvalue weighted by Crippen LogP contribution is 2.00. The van der Waals surface area contributed by atoms with Crippen LogP contribution in [0.1, 0.15) is 32.2 Å². The summed E-state index contributed by atoms with van der Waals surface area (Å²) in [6.45, 7) is 12.9. The summed E-state index contributed by atoms with van der Waals surface area (Å²) in [5.41, 5.74) is 2.27. The van der Waals surface area contributed by atoms with Crippen molar-refractivity contribution in [1.29, 1.82) is 0 Å². The third-order valence-corrected chi connectivity index (χ3v) is 2.98. The van der Waals surface area contributed by atoms with Gasteiger partial charge < -0.3 is 15.2 Å². The number of imidazole rings is 1. The summed E-state index contributed by atoms with van der Waals surface area (Å²) in [5.74, 6) is 0. The van der Waals surface area contributed by atoms with Crippen molar-refractivity contribution < 1.29 is 0 Å². The SMILES string of the molecule is CCN(CC)CC(C)NCc1nc[nH]c1C. The van der Waals surface area contributed by atoms with Crippen LogP contribution in [0.2, 0.25) is 0 Å². The Kier molecular flexibility index (Phi) is 5.49. The summed E-state index contributed by atoms with van der Waals surface area (Å²) < 4.78 is 0. The number of hydrogen-bond acceptors (Lipinski definition) is 3. The number of aromatic nitrogens is 2. The molecule has 0 aromatic carbocycles. The molecule has 0 bridgehead atoms. The molecule has 0 amide bonds. The monoisotopic (exact) mass is 224 g/mol. The molecule has 0 saturated carbocycles. The Morgan fingerprint density at radius 2 is 2.12 bits per heavy atom. The first-order valence-corrected chi connectivity index (χ1v) is 6.11. The summed E-state index contributed by atoms with van der Waals surface area (Å²) in [6.07, 6.45) is 1.75. The number of likely N-dealkylation sites (N-methyl/N-ethyl adjacent to an activating group) is 1. The molecular formula is C12H24N4. The highest BCUT2D eigenvalue weighted by Gasteiger charge is 2.07. The van der Waals surface area contributed by atoms with Crippen molar-refractivity contribution in [3.8, 4) is 0 Å². The number of nitrogens with zero attached hydrogens (tertiary/aromatic N) is 2. The maximum absolute atomic E-state index is 4.28. The van der Waals surface area contributed by atoms with Crippen molar-refractivity contribution in [3.63, 3.8) is 0 Å². The lowest BCUT2D eigenvalue weighted by molar-refractivity contribution is 0.270. The van der Waals surface area contributed by atoms with Gasteiger partial charge in [-0.3, -0.25) is 0 Å². The second-order valence-electron chi connectivity index (χ2n) is 4.24. The lowest BCUT2D eigenvalue weighted by atomic mass is 10.2. The van der Waals surface area contributed by atoms with E-state index in [0.717, 1.165) is 37.6 Å². The quantitative estimate of drug-likeness (QED) is 0.738. The fourth-order valence-electron chi connectivity index (χ4n) is 1.77. The zero-order chi connectivity index (χ0) is 12.0. The van der Waals surface area contributed by atoms with Crippen molar-refractivity contribution in [2.45, 2.75) is 40.3 Å². The van der Waals surface area contributed by atoms with E-state index in [4.69, 9.17) is 0 Å². The largest absolute Gasteiger partial charge is 0.348 e. The van der Waals surface area contributed by atoms with E-state index >= 15 is 0 Å². The van der Waals surface area contributed by atoms with E-state index in [0.29, 0.717) is 6.04 Å². The van der Waals surface area contributed by atoms with Crippen molar-refractivity contribution in [3.05, 3.63) is 17.7 Å². The lowest BCUT2D eigenvalue weighted by Gasteiger charge is -2.23. The molecule has 4 heteroatoms. The van der Waals surface area contributed by atoms with Gasteiger partial charge in [0.1, 0.15) is 0 Å². The number of aryl methyl sites for hydroxylation is 1. The van der Waals surface area contributed by atoms with Gasteiger partial charge in [0, 0.05) is 24.8 Å². The van der Waals surface area contributed by atoms with Crippen LogP contribution in [0.4, 0.5) is 0 Å². The minimum atomic E-state index is 0.496. The summed E-state index contributed by atoms with van der Waals surface area (Å²) in [7, 11) is 0. The highest BCUT2D eigenvalue weighted by molar-refractivity contribution is 5.08. The number of rotatable bonds is 7. The summed E-state index contributed by atoms with van der Waals surface area (Å²) >= 11 is 0.